The number of sulfone groups is 1. The van der Waals surface area contributed by atoms with Crippen LogP contribution >= 0.6 is 0 Å². The van der Waals surface area contributed by atoms with E-state index in [4.69, 9.17) is 10.8 Å². The van der Waals surface area contributed by atoms with Crippen LogP contribution in [0.1, 0.15) is 15.9 Å². The largest absolute Gasteiger partial charge is 0.480 e. The molecule has 0 spiro atoms. The number of primary amides is 1. The van der Waals surface area contributed by atoms with Gasteiger partial charge in [-0.1, -0.05) is 18.2 Å². The molecule has 0 aliphatic rings. The van der Waals surface area contributed by atoms with Crippen LogP contribution < -0.4 is 5.73 Å². The van der Waals surface area contributed by atoms with Gasteiger partial charge in [0.25, 0.3) is 0 Å². The summed E-state index contributed by atoms with van der Waals surface area (Å²) in [5, 5.41) is 8.43. The van der Waals surface area contributed by atoms with Gasteiger partial charge in [0.2, 0.25) is 5.91 Å². The number of amides is 1. The van der Waals surface area contributed by atoms with E-state index in [1.165, 1.54) is 12.1 Å². The molecule has 7 heteroatoms. The lowest BCUT2D eigenvalue weighted by molar-refractivity contribution is -0.134. The highest BCUT2D eigenvalue weighted by Gasteiger charge is 2.19. The van der Waals surface area contributed by atoms with E-state index in [2.05, 4.69) is 0 Å². The average Bonchev–Trinajstić information content (AvgIpc) is 2.14. The van der Waals surface area contributed by atoms with Gasteiger partial charge in [-0.2, -0.15) is 0 Å². The SMILES string of the molecule is NC(=O)c1ccccc1CS(=O)(=O)CC(=O)O. The number of hydrogen-bond acceptors (Lipinski definition) is 4. The van der Waals surface area contributed by atoms with Crippen molar-refractivity contribution >= 4 is 21.7 Å². The first kappa shape index (κ1) is 13.2. The summed E-state index contributed by atoms with van der Waals surface area (Å²) in [6.07, 6.45) is 0. The van der Waals surface area contributed by atoms with Crippen LogP contribution in [0, 0.1) is 0 Å². The molecule has 1 aromatic carbocycles. The van der Waals surface area contributed by atoms with Gasteiger partial charge in [0.15, 0.2) is 9.84 Å². The lowest BCUT2D eigenvalue weighted by Crippen LogP contribution is -2.20. The van der Waals surface area contributed by atoms with Crippen LogP contribution in [0.3, 0.4) is 0 Å². The number of benzene rings is 1. The molecule has 0 aromatic heterocycles. The predicted octanol–water partition coefficient (Wildman–Crippen LogP) is -0.215. The van der Waals surface area contributed by atoms with Crippen molar-refractivity contribution in [1.29, 1.82) is 0 Å². The molecule has 0 unspecified atom stereocenters. The van der Waals surface area contributed by atoms with Crippen molar-refractivity contribution in [2.75, 3.05) is 5.75 Å². The summed E-state index contributed by atoms with van der Waals surface area (Å²) in [5.41, 5.74) is 5.38. The fourth-order valence-electron chi connectivity index (χ4n) is 1.36. The molecular formula is C10H11NO5S. The molecule has 0 aliphatic carbocycles. The molecule has 0 bridgehead atoms. The van der Waals surface area contributed by atoms with Gasteiger partial charge < -0.3 is 10.8 Å². The van der Waals surface area contributed by atoms with Gasteiger partial charge in [-0.05, 0) is 11.6 Å². The maximum Gasteiger partial charge on any atom is 0.318 e. The summed E-state index contributed by atoms with van der Waals surface area (Å²) >= 11 is 0. The molecular weight excluding hydrogens is 246 g/mol. The third kappa shape index (κ3) is 3.87. The quantitative estimate of drug-likeness (QED) is 0.757. The third-order valence-electron chi connectivity index (χ3n) is 2.00. The Kier molecular flexibility index (Phi) is 3.84. The average molecular weight is 257 g/mol. The zero-order valence-corrected chi connectivity index (χ0v) is 9.61. The van der Waals surface area contributed by atoms with E-state index < -0.39 is 33.2 Å². The fourth-order valence-corrected chi connectivity index (χ4v) is 2.57. The van der Waals surface area contributed by atoms with Crippen molar-refractivity contribution in [3.63, 3.8) is 0 Å². The first-order valence-electron chi connectivity index (χ1n) is 4.62. The van der Waals surface area contributed by atoms with Crippen LogP contribution in [0.25, 0.3) is 0 Å². The standard InChI is InChI=1S/C10H11NO5S/c11-10(14)8-4-2-1-3-7(8)5-17(15,16)6-9(12)13/h1-4H,5-6H2,(H2,11,14)(H,12,13). The number of hydrogen-bond donors (Lipinski definition) is 2. The minimum Gasteiger partial charge on any atom is -0.480 e. The van der Waals surface area contributed by atoms with Gasteiger partial charge in [0.1, 0.15) is 5.75 Å². The highest BCUT2D eigenvalue weighted by atomic mass is 32.2. The Morgan fingerprint density at radius 2 is 1.82 bits per heavy atom. The van der Waals surface area contributed by atoms with Crippen LogP contribution in [0.4, 0.5) is 0 Å². The Morgan fingerprint density at radius 1 is 1.24 bits per heavy atom. The highest BCUT2D eigenvalue weighted by Crippen LogP contribution is 2.12. The van der Waals surface area contributed by atoms with Crippen molar-refractivity contribution in [2.45, 2.75) is 5.75 Å². The predicted molar refractivity (Wildman–Crippen MR) is 60.1 cm³/mol. The second-order valence-corrected chi connectivity index (χ2v) is 5.51. The van der Waals surface area contributed by atoms with Gasteiger partial charge in [0.05, 0.1) is 5.75 Å². The molecule has 0 aliphatic heterocycles. The molecule has 1 amide bonds. The molecule has 0 fully saturated rings. The number of nitrogens with two attached hydrogens (primary N) is 1. The van der Waals surface area contributed by atoms with Crippen molar-refractivity contribution in [1.82, 2.24) is 0 Å². The zero-order valence-electron chi connectivity index (χ0n) is 8.79. The highest BCUT2D eigenvalue weighted by molar-refractivity contribution is 7.91. The van der Waals surface area contributed by atoms with Crippen molar-refractivity contribution in [3.8, 4) is 0 Å². The monoisotopic (exact) mass is 257 g/mol. The summed E-state index contributed by atoms with van der Waals surface area (Å²) in [5.74, 6) is -3.66. The van der Waals surface area contributed by atoms with E-state index in [1.54, 1.807) is 12.1 Å². The number of carboxylic acid groups (broad SMARTS) is 1. The van der Waals surface area contributed by atoms with Crippen molar-refractivity contribution < 1.29 is 23.1 Å². The van der Waals surface area contributed by atoms with Crippen molar-refractivity contribution in [2.24, 2.45) is 5.73 Å². The van der Waals surface area contributed by atoms with Crippen LogP contribution in [-0.4, -0.2) is 31.2 Å². The molecule has 1 aromatic rings. The Labute approximate surface area is 98.0 Å². The molecule has 17 heavy (non-hydrogen) atoms. The number of carbonyl (C=O) groups is 2. The van der Waals surface area contributed by atoms with Gasteiger partial charge in [-0.25, -0.2) is 8.42 Å². The molecule has 6 nitrogen and oxygen atoms in total. The fraction of sp³-hybridized carbons (Fsp3) is 0.200. The molecule has 0 heterocycles. The summed E-state index contributed by atoms with van der Waals surface area (Å²) in [4.78, 5) is 21.4. The Bertz CT molecular complexity index is 550. The molecule has 0 saturated carbocycles. The normalized spacial score (nSPS) is 11.1. The van der Waals surface area contributed by atoms with E-state index in [0.717, 1.165) is 0 Å². The summed E-state index contributed by atoms with van der Waals surface area (Å²) in [7, 11) is -3.80. The van der Waals surface area contributed by atoms with Crippen LogP contribution in [-0.2, 0) is 20.4 Å². The smallest absolute Gasteiger partial charge is 0.318 e. The maximum atomic E-state index is 11.5. The van der Waals surface area contributed by atoms with Crippen LogP contribution in [0.15, 0.2) is 24.3 Å². The van der Waals surface area contributed by atoms with Gasteiger partial charge in [-0.3, -0.25) is 9.59 Å². The second kappa shape index (κ2) is 4.96. The number of carbonyl (C=O) groups excluding carboxylic acids is 1. The van der Waals surface area contributed by atoms with E-state index in [9.17, 15) is 18.0 Å². The van der Waals surface area contributed by atoms with E-state index in [0.29, 0.717) is 0 Å². The lowest BCUT2D eigenvalue weighted by atomic mass is 10.1. The Hall–Kier alpha value is -1.89. The number of rotatable bonds is 5. The molecule has 0 saturated heterocycles. The second-order valence-electron chi connectivity index (χ2n) is 3.45. The van der Waals surface area contributed by atoms with E-state index >= 15 is 0 Å². The number of carboxylic acids is 1. The van der Waals surface area contributed by atoms with Gasteiger partial charge >= 0.3 is 5.97 Å². The summed E-state index contributed by atoms with van der Waals surface area (Å²) < 4.78 is 22.9. The van der Waals surface area contributed by atoms with E-state index in [1.807, 2.05) is 0 Å². The van der Waals surface area contributed by atoms with E-state index in [-0.39, 0.29) is 11.1 Å². The first-order valence-corrected chi connectivity index (χ1v) is 6.44. The van der Waals surface area contributed by atoms with Gasteiger partial charge in [-0.15, -0.1) is 0 Å². The minimum absolute atomic E-state index is 0.0847. The topological polar surface area (TPSA) is 115 Å². The minimum atomic E-state index is -3.80. The Morgan fingerprint density at radius 3 is 2.35 bits per heavy atom. The van der Waals surface area contributed by atoms with Gasteiger partial charge in [0, 0.05) is 5.56 Å². The maximum absolute atomic E-state index is 11.5. The third-order valence-corrected chi connectivity index (χ3v) is 3.44. The molecule has 3 N–H and O–H groups in total. The number of aliphatic carboxylic acids is 1. The summed E-state index contributed by atoms with van der Waals surface area (Å²) in [6, 6.07) is 5.93. The molecule has 1 rings (SSSR count). The van der Waals surface area contributed by atoms with Crippen LogP contribution in [0.5, 0.6) is 0 Å². The first-order chi connectivity index (χ1) is 7.82. The zero-order chi connectivity index (χ0) is 13.1. The van der Waals surface area contributed by atoms with Crippen molar-refractivity contribution in [3.05, 3.63) is 35.4 Å². The van der Waals surface area contributed by atoms with Crippen LogP contribution in [0.2, 0.25) is 0 Å². The molecule has 0 radical (unpaired) electrons. The molecule has 0 atom stereocenters. The molecule has 92 valence electrons. The lowest BCUT2D eigenvalue weighted by Gasteiger charge is -2.06. The summed E-state index contributed by atoms with van der Waals surface area (Å²) in [6.45, 7) is 0. The Balaban J connectivity index is 3.04.